The van der Waals surface area contributed by atoms with Gasteiger partial charge in [-0.25, -0.2) is 4.98 Å². The Kier molecular flexibility index (Phi) is 7.63. The first-order chi connectivity index (χ1) is 12.9. The van der Waals surface area contributed by atoms with Crippen molar-refractivity contribution in [2.75, 3.05) is 17.6 Å². The van der Waals surface area contributed by atoms with Gasteiger partial charge in [0.25, 0.3) is 0 Å². The molecule has 3 N–H and O–H groups in total. The molecule has 0 radical (unpaired) electrons. The largest absolute Gasteiger partial charge is 0.390 e. The number of carbonyl (C=O) groups is 2. The summed E-state index contributed by atoms with van der Waals surface area (Å²) in [6.45, 7) is 7.60. The summed E-state index contributed by atoms with van der Waals surface area (Å²) >= 11 is 1.22. The highest BCUT2D eigenvalue weighted by Crippen LogP contribution is 2.21. The number of aliphatic hydroxyl groups excluding tert-OH is 1. The van der Waals surface area contributed by atoms with E-state index in [2.05, 4.69) is 22.2 Å². The van der Waals surface area contributed by atoms with Crippen LogP contribution >= 0.6 is 11.8 Å². The van der Waals surface area contributed by atoms with E-state index >= 15 is 0 Å². The second-order valence-corrected chi connectivity index (χ2v) is 6.97. The quantitative estimate of drug-likeness (QED) is 0.451. The van der Waals surface area contributed by atoms with Crippen molar-refractivity contribution in [3.05, 3.63) is 53.9 Å². The minimum atomic E-state index is -0.239. The maximum Gasteiger partial charge on any atom is 0.240 e. The molecule has 2 rings (SSSR count). The summed E-state index contributed by atoms with van der Waals surface area (Å²) in [4.78, 5) is 28.5. The Morgan fingerprint density at radius 1 is 1.33 bits per heavy atom. The van der Waals surface area contributed by atoms with E-state index in [0.29, 0.717) is 17.4 Å². The summed E-state index contributed by atoms with van der Waals surface area (Å²) in [5.74, 6) is -0.238. The molecule has 0 fully saturated rings. The highest BCUT2D eigenvalue weighted by atomic mass is 32.2. The Hall–Kier alpha value is -2.58. The van der Waals surface area contributed by atoms with Gasteiger partial charge in [-0.1, -0.05) is 30.0 Å². The van der Waals surface area contributed by atoms with E-state index in [1.807, 2.05) is 32.0 Å². The fraction of sp³-hybridized carbons (Fsp3) is 0.316. The van der Waals surface area contributed by atoms with Gasteiger partial charge in [0, 0.05) is 12.2 Å². The fourth-order valence-electron chi connectivity index (χ4n) is 2.37. The van der Waals surface area contributed by atoms with Crippen molar-refractivity contribution < 1.29 is 14.7 Å². The van der Waals surface area contributed by atoms with Crippen molar-refractivity contribution in [2.45, 2.75) is 32.2 Å². The van der Waals surface area contributed by atoms with E-state index in [4.69, 9.17) is 0 Å². The van der Waals surface area contributed by atoms with Crippen molar-refractivity contribution >= 4 is 29.3 Å². The summed E-state index contributed by atoms with van der Waals surface area (Å²) in [5.41, 5.74) is 3.35. The highest BCUT2D eigenvalue weighted by Gasteiger charge is 2.15. The first-order valence-electron chi connectivity index (χ1n) is 8.47. The van der Waals surface area contributed by atoms with Crippen LogP contribution in [0.1, 0.15) is 16.8 Å². The number of amides is 2. The molecular formula is C19H24N4O3S. The molecule has 8 heteroatoms. The standard InChI is InChI=1S/C19H24N4O3S/c1-4-7-20-17(25)10-23-15(11-24)9-21-19(23)27-12-18(26)22-16-8-13(2)5-6-14(16)3/h4-6,8-9,24H,1,7,10-12H2,2-3H3,(H,20,25)(H,22,26). The Labute approximate surface area is 162 Å². The molecule has 1 aromatic carbocycles. The number of hydrogen-bond acceptors (Lipinski definition) is 5. The molecule has 0 spiro atoms. The monoisotopic (exact) mass is 388 g/mol. The average molecular weight is 388 g/mol. The van der Waals surface area contributed by atoms with Gasteiger partial charge in [0.15, 0.2) is 5.16 Å². The van der Waals surface area contributed by atoms with Gasteiger partial charge in [-0.3, -0.25) is 9.59 Å². The molecule has 2 aromatic rings. The number of benzene rings is 1. The lowest BCUT2D eigenvalue weighted by atomic mass is 10.1. The zero-order valence-electron chi connectivity index (χ0n) is 15.5. The van der Waals surface area contributed by atoms with Gasteiger partial charge >= 0.3 is 0 Å². The minimum absolute atomic E-state index is 0.0185. The summed E-state index contributed by atoms with van der Waals surface area (Å²) in [6.07, 6.45) is 3.10. The van der Waals surface area contributed by atoms with Crippen LogP contribution in [0, 0.1) is 13.8 Å². The van der Waals surface area contributed by atoms with Crippen molar-refractivity contribution in [3.63, 3.8) is 0 Å². The number of imidazole rings is 1. The summed E-state index contributed by atoms with van der Waals surface area (Å²) < 4.78 is 1.61. The molecule has 2 amide bonds. The van der Waals surface area contributed by atoms with Crippen molar-refractivity contribution in [1.82, 2.24) is 14.9 Å². The molecule has 0 aliphatic heterocycles. The molecular weight excluding hydrogens is 364 g/mol. The minimum Gasteiger partial charge on any atom is -0.390 e. The third-order valence-electron chi connectivity index (χ3n) is 3.81. The van der Waals surface area contributed by atoms with E-state index in [1.54, 1.807) is 10.6 Å². The fourth-order valence-corrected chi connectivity index (χ4v) is 3.17. The van der Waals surface area contributed by atoms with Crippen LogP contribution < -0.4 is 10.6 Å². The molecule has 0 saturated carbocycles. The lowest BCUT2D eigenvalue weighted by Crippen LogP contribution is -2.28. The number of nitrogens with one attached hydrogen (secondary N) is 2. The van der Waals surface area contributed by atoms with Crippen LogP contribution in [0.4, 0.5) is 5.69 Å². The molecule has 0 aliphatic rings. The highest BCUT2D eigenvalue weighted by molar-refractivity contribution is 7.99. The Bertz CT molecular complexity index is 832. The van der Waals surface area contributed by atoms with Crippen LogP contribution in [0.2, 0.25) is 0 Å². The molecule has 27 heavy (non-hydrogen) atoms. The predicted molar refractivity (Wildman–Crippen MR) is 107 cm³/mol. The van der Waals surface area contributed by atoms with Crippen LogP contribution in [-0.2, 0) is 22.7 Å². The SMILES string of the molecule is C=CCNC(=O)Cn1c(CO)cnc1SCC(=O)Nc1cc(C)ccc1C. The number of nitrogens with zero attached hydrogens (tertiary/aromatic N) is 2. The lowest BCUT2D eigenvalue weighted by Gasteiger charge is -2.11. The number of carbonyl (C=O) groups excluding carboxylic acids is 2. The maximum atomic E-state index is 12.3. The van der Waals surface area contributed by atoms with Crippen LogP contribution in [-0.4, -0.2) is 38.8 Å². The van der Waals surface area contributed by atoms with Gasteiger partial charge in [0.1, 0.15) is 6.54 Å². The van der Waals surface area contributed by atoms with E-state index in [1.165, 1.54) is 18.0 Å². The Morgan fingerprint density at radius 2 is 2.11 bits per heavy atom. The smallest absolute Gasteiger partial charge is 0.240 e. The van der Waals surface area contributed by atoms with Gasteiger partial charge in [-0.2, -0.15) is 0 Å². The number of aryl methyl sites for hydroxylation is 2. The third-order valence-corrected chi connectivity index (χ3v) is 4.80. The average Bonchev–Trinajstić information content (AvgIpc) is 3.03. The zero-order valence-corrected chi connectivity index (χ0v) is 16.3. The van der Waals surface area contributed by atoms with Gasteiger partial charge in [0.05, 0.1) is 24.3 Å². The molecule has 0 atom stereocenters. The van der Waals surface area contributed by atoms with E-state index in [9.17, 15) is 14.7 Å². The second kappa shape index (κ2) is 9.94. The number of rotatable bonds is 9. The van der Waals surface area contributed by atoms with Gasteiger partial charge < -0.3 is 20.3 Å². The maximum absolute atomic E-state index is 12.3. The van der Waals surface area contributed by atoms with Gasteiger partial charge in [-0.05, 0) is 31.0 Å². The Balaban J connectivity index is 2.01. The second-order valence-electron chi connectivity index (χ2n) is 6.02. The van der Waals surface area contributed by atoms with Crippen LogP contribution in [0.3, 0.4) is 0 Å². The molecule has 144 valence electrons. The van der Waals surface area contributed by atoms with Crippen LogP contribution in [0.5, 0.6) is 0 Å². The molecule has 1 heterocycles. The van der Waals surface area contributed by atoms with E-state index in [0.717, 1.165) is 16.8 Å². The predicted octanol–water partition coefficient (Wildman–Crippen LogP) is 2.03. The summed E-state index contributed by atoms with van der Waals surface area (Å²) in [7, 11) is 0. The molecule has 1 aromatic heterocycles. The summed E-state index contributed by atoms with van der Waals surface area (Å²) in [5, 5.41) is 15.5. The van der Waals surface area contributed by atoms with Gasteiger partial charge in [-0.15, -0.1) is 6.58 Å². The first-order valence-corrected chi connectivity index (χ1v) is 9.46. The van der Waals surface area contributed by atoms with Crippen molar-refractivity contribution in [3.8, 4) is 0 Å². The number of aliphatic hydroxyl groups is 1. The zero-order chi connectivity index (χ0) is 19.8. The molecule has 0 aliphatic carbocycles. The van der Waals surface area contributed by atoms with E-state index < -0.39 is 0 Å². The molecule has 0 unspecified atom stereocenters. The first kappa shape index (κ1) is 20.7. The van der Waals surface area contributed by atoms with Crippen LogP contribution in [0.25, 0.3) is 0 Å². The van der Waals surface area contributed by atoms with Crippen molar-refractivity contribution in [2.24, 2.45) is 0 Å². The lowest BCUT2D eigenvalue weighted by molar-refractivity contribution is -0.121. The van der Waals surface area contributed by atoms with E-state index in [-0.39, 0.29) is 30.7 Å². The number of anilines is 1. The normalized spacial score (nSPS) is 10.5. The summed E-state index contributed by atoms with van der Waals surface area (Å²) in [6, 6.07) is 5.87. The number of hydrogen-bond donors (Lipinski definition) is 3. The third kappa shape index (κ3) is 5.97. The van der Waals surface area contributed by atoms with Gasteiger partial charge in [0.2, 0.25) is 11.8 Å². The molecule has 0 saturated heterocycles. The number of aromatic nitrogens is 2. The molecule has 0 bridgehead atoms. The Morgan fingerprint density at radius 3 is 2.81 bits per heavy atom. The number of thioether (sulfide) groups is 1. The van der Waals surface area contributed by atoms with Crippen LogP contribution in [0.15, 0.2) is 42.2 Å². The molecule has 7 nitrogen and oxygen atoms in total. The van der Waals surface area contributed by atoms with Crippen molar-refractivity contribution in [1.29, 1.82) is 0 Å². The topological polar surface area (TPSA) is 96.2 Å².